The number of nitrogens with one attached hydrogen (secondary N) is 1. The lowest BCUT2D eigenvalue weighted by Crippen LogP contribution is -2.61. The molecule has 0 saturated carbocycles. The minimum Gasteiger partial charge on any atom is -0.624 e. The van der Waals surface area contributed by atoms with Crippen LogP contribution in [0.3, 0.4) is 0 Å². The SMILES string of the molecule is C/[N+]([O-])=C/CCCn1c(CN2C(=O)C3(CNC3)c3ccccc32)nc2cc(Cl)ccc21. The van der Waals surface area contributed by atoms with E-state index in [2.05, 4.69) is 16.0 Å². The molecule has 1 amide bonds. The van der Waals surface area contributed by atoms with Gasteiger partial charge in [-0.15, -0.1) is 0 Å². The number of hydrogen-bond donors (Lipinski definition) is 1. The second-order valence-electron chi connectivity index (χ2n) is 8.28. The van der Waals surface area contributed by atoms with Gasteiger partial charge in [-0.05, 0) is 36.2 Å². The van der Waals surface area contributed by atoms with Crippen molar-refractivity contribution in [3.63, 3.8) is 0 Å². The van der Waals surface area contributed by atoms with Gasteiger partial charge in [0.2, 0.25) is 5.91 Å². The summed E-state index contributed by atoms with van der Waals surface area (Å²) >= 11 is 6.20. The third-order valence-corrected chi connectivity index (χ3v) is 6.51. The topological polar surface area (TPSA) is 76.2 Å². The molecule has 3 heterocycles. The molecule has 3 aromatic rings. The highest BCUT2D eigenvalue weighted by atomic mass is 35.5. The zero-order valence-corrected chi connectivity index (χ0v) is 18.1. The van der Waals surface area contributed by atoms with Gasteiger partial charge in [-0.25, -0.2) is 9.72 Å². The van der Waals surface area contributed by atoms with E-state index < -0.39 is 5.41 Å². The normalized spacial score (nSPS) is 17.4. The highest BCUT2D eigenvalue weighted by molar-refractivity contribution is 6.31. The van der Waals surface area contributed by atoms with Gasteiger partial charge in [-0.3, -0.25) is 4.79 Å². The Morgan fingerprint density at radius 1 is 1.29 bits per heavy atom. The molecule has 1 spiro atoms. The van der Waals surface area contributed by atoms with Crippen molar-refractivity contribution in [3.8, 4) is 0 Å². The Hall–Kier alpha value is -2.90. The molecule has 1 saturated heterocycles. The number of aromatic nitrogens is 2. The maximum atomic E-state index is 13.5. The van der Waals surface area contributed by atoms with Gasteiger partial charge in [-0.1, -0.05) is 29.8 Å². The van der Waals surface area contributed by atoms with E-state index in [1.165, 1.54) is 7.05 Å². The molecule has 0 unspecified atom stereocenters. The van der Waals surface area contributed by atoms with Crippen molar-refractivity contribution < 1.29 is 9.53 Å². The first-order valence-electron chi connectivity index (χ1n) is 10.5. The number of para-hydroxylation sites is 1. The highest BCUT2D eigenvalue weighted by Gasteiger charge is 2.54. The summed E-state index contributed by atoms with van der Waals surface area (Å²) < 4.78 is 2.98. The van der Waals surface area contributed by atoms with Gasteiger partial charge in [0.15, 0.2) is 6.21 Å². The van der Waals surface area contributed by atoms with E-state index in [4.69, 9.17) is 16.6 Å². The van der Waals surface area contributed by atoms with Crippen LogP contribution in [0.15, 0.2) is 42.5 Å². The number of unbranched alkanes of at least 4 members (excludes halogenated alkanes) is 1. The average Bonchev–Trinajstić information content (AvgIpc) is 3.17. The predicted molar refractivity (Wildman–Crippen MR) is 122 cm³/mol. The Labute approximate surface area is 185 Å². The average molecular weight is 438 g/mol. The molecule has 5 rings (SSSR count). The van der Waals surface area contributed by atoms with Crippen LogP contribution in [0.25, 0.3) is 11.0 Å². The van der Waals surface area contributed by atoms with Crippen molar-refractivity contribution in [1.82, 2.24) is 14.9 Å². The van der Waals surface area contributed by atoms with Crippen molar-refractivity contribution in [2.45, 2.75) is 31.3 Å². The van der Waals surface area contributed by atoms with Gasteiger partial charge < -0.3 is 20.0 Å². The van der Waals surface area contributed by atoms with Crippen LogP contribution in [0.4, 0.5) is 5.69 Å². The molecule has 0 bridgehead atoms. The number of anilines is 1. The molecule has 0 radical (unpaired) electrons. The van der Waals surface area contributed by atoms with Crippen molar-refractivity contribution in [2.24, 2.45) is 0 Å². The number of halogens is 1. The van der Waals surface area contributed by atoms with Gasteiger partial charge in [0.05, 0.1) is 17.6 Å². The van der Waals surface area contributed by atoms with Gasteiger partial charge in [-0.2, -0.15) is 0 Å². The molecule has 31 heavy (non-hydrogen) atoms. The van der Waals surface area contributed by atoms with Crippen LogP contribution in [0.1, 0.15) is 24.2 Å². The number of aryl methyl sites for hydroxylation is 1. The Morgan fingerprint density at radius 3 is 2.84 bits per heavy atom. The Kier molecular flexibility index (Phi) is 4.95. The molecule has 2 aromatic carbocycles. The maximum Gasteiger partial charge on any atom is 0.240 e. The Balaban J connectivity index is 1.51. The number of fused-ring (bicyclic) bond motifs is 3. The lowest BCUT2D eigenvalue weighted by Gasteiger charge is -2.38. The summed E-state index contributed by atoms with van der Waals surface area (Å²) in [4.78, 5) is 20.2. The summed E-state index contributed by atoms with van der Waals surface area (Å²) in [6.07, 6.45) is 3.10. The van der Waals surface area contributed by atoms with Crippen molar-refractivity contribution >= 4 is 40.4 Å². The molecule has 8 heteroatoms. The quantitative estimate of drug-likeness (QED) is 0.211. The second-order valence-corrected chi connectivity index (χ2v) is 8.71. The molecule has 0 aliphatic carbocycles. The van der Waals surface area contributed by atoms with Crippen LogP contribution in [0.5, 0.6) is 0 Å². The first kappa shape index (κ1) is 20.0. The van der Waals surface area contributed by atoms with Crippen molar-refractivity contribution in [2.75, 3.05) is 25.0 Å². The number of nitrogens with zero attached hydrogens (tertiary/aromatic N) is 4. The second kappa shape index (κ2) is 7.66. The molecule has 2 aliphatic heterocycles. The number of benzene rings is 2. The lowest BCUT2D eigenvalue weighted by molar-refractivity contribution is -0.418. The first-order chi connectivity index (χ1) is 15.0. The van der Waals surface area contributed by atoms with Crippen LogP contribution >= 0.6 is 11.6 Å². The third-order valence-electron chi connectivity index (χ3n) is 6.28. The number of hydrogen-bond acceptors (Lipinski definition) is 4. The van der Waals surface area contributed by atoms with E-state index in [0.29, 0.717) is 37.6 Å². The number of hydroxylamine groups is 1. The maximum absolute atomic E-state index is 13.5. The fourth-order valence-corrected chi connectivity index (χ4v) is 4.82. The van der Waals surface area contributed by atoms with E-state index in [1.54, 1.807) is 6.21 Å². The van der Waals surface area contributed by atoms with Crippen LogP contribution < -0.4 is 10.2 Å². The van der Waals surface area contributed by atoms with Gasteiger partial charge >= 0.3 is 0 Å². The molecule has 7 nitrogen and oxygen atoms in total. The summed E-state index contributed by atoms with van der Waals surface area (Å²) in [7, 11) is 1.49. The summed E-state index contributed by atoms with van der Waals surface area (Å²) in [6, 6.07) is 13.7. The largest absolute Gasteiger partial charge is 0.624 e. The van der Waals surface area contributed by atoms with Crippen molar-refractivity contribution in [1.29, 1.82) is 0 Å². The minimum atomic E-state index is -0.454. The van der Waals surface area contributed by atoms with E-state index >= 15 is 0 Å². The number of rotatable bonds is 6. The number of carbonyl (C=O) groups excluding carboxylic acids is 1. The van der Waals surface area contributed by atoms with Gasteiger partial charge in [0.1, 0.15) is 18.3 Å². The van der Waals surface area contributed by atoms with E-state index in [-0.39, 0.29) is 5.91 Å². The number of carbonyl (C=O) groups is 1. The standard InChI is InChI=1S/C23H24ClN5O2/c1-27(31)10-4-5-11-28-20-9-8-16(24)12-18(20)26-21(28)13-29-19-7-3-2-6-17(19)23(22(29)30)14-25-15-23/h2-3,6-10,12,25H,4-5,11,13-15H2,1H3/b27-10-. The zero-order chi connectivity index (χ0) is 21.6. The molecule has 2 aliphatic rings. The van der Waals surface area contributed by atoms with E-state index in [9.17, 15) is 10.0 Å². The summed E-state index contributed by atoms with van der Waals surface area (Å²) in [5, 5.41) is 15.1. The minimum absolute atomic E-state index is 0.130. The van der Waals surface area contributed by atoms with Gasteiger partial charge in [0, 0.05) is 36.8 Å². The highest BCUT2D eigenvalue weighted by Crippen LogP contribution is 2.44. The molecular weight excluding hydrogens is 414 g/mol. The van der Waals surface area contributed by atoms with Crippen LogP contribution in [0.2, 0.25) is 5.02 Å². The molecule has 1 aromatic heterocycles. The van der Waals surface area contributed by atoms with Crippen LogP contribution in [-0.2, 0) is 23.3 Å². The first-order valence-corrected chi connectivity index (χ1v) is 10.9. The fraction of sp³-hybridized carbons (Fsp3) is 0.348. The van der Waals surface area contributed by atoms with Gasteiger partial charge in [0.25, 0.3) is 0 Å². The fourth-order valence-electron chi connectivity index (χ4n) is 4.66. The molecule has 1 fully saturated rings. The summed E-state index contributed by atoms with van der Waals surface area (Å²) in [5.41, 5.74) is 3.40. The lowest BCUT2D eigenvalue weighted by atomic mass is 9.76. The summed E-state index contributed by atoms with van der Waals surface area (Å²) in [6.45, 7) is 2.44. The molecule has 0 atom stereocenters. The van der Waals surface area contributed by atoms with E-state index in [0.717, 1.165) is 39.3 Å². The zero-order valence-electron chi connectivity index (χ0n) is 17.3. The molecular formula is C23H24ClN5O2. The predicted octanol–water partition coefficient (Wildman–Crippen LogP) is 3.07. The van der Waals surface area contributed by atoms with Crippen molar-refractivity contribution in [3.05, 3.63) is 64.1 Å². The number of imidazole rings is 1. The Morgan fingerprint density at radius 2 is 2.10 bits per heavy atom. The Bertz CT molecular complexity index is 1190. The molecule has 160 valence electrons. The monoisotopic (exact) mass is 437 g/mol. The molecule has 1 N–H and O–H groups in total. The summed E-state index contributed by atoms with van der Waals surface area (Å²) in [5.74, 6) is 0.950. The van der Waals surface area contributed by atoms with E-state index in [1.807, 2.05) is 41.3 Å². The third kappa shape index (κ3) is 3.28. The number of amides is 1. The smallest absolute Gasteiger partial charge is 0.240 e. The van der Waals surface area contributed by atoms with Crippen LogP contribution in [-0.4, -0.2) is 46.5 Å². The van der Waals surface area contributed by atoms with Crippen LogP contribution in [0, 0.1) is 5.21 Å².